The van der Waals surface area contributed by atoms with Crippen molar-refractivity contribution < 1.29 is 33.8 Å². The van der Waals surface area contributed by atoms with E-state index in [2.05, 4.69) is 4.74 Å². The van der Waals surface area contributed by atoms with Gasteiger partial charge in [0.05, 0.1) is 0 Å². The predicted molar refractivity (Wildman–Crippen MR) is 86.3 cm³/mol. The standard InChI is InChI=1S/C17H21NO7/c1-11(19)24-12(2)25-15(21)8-14(20)10-17(18,16(22)23)9-13-6-4-3-5-7-13/h3-7,12H,8-10,18H2,1-2H3,(H,22,23). The van der Waals surface area contributed by atoms with E-state index in [0.29, 0.717) is 5.56 Å². The smallest absolute Gasteiger partial charge is 0.324 e. The highest BCUT2D eigenvalue weighted by molar-refractivity contribution is 5.98. The molecule has 8 nitrogen and oxygen atoms in total. The first-order valence-electron chi connectivity index (χ1n) is 7.57. The van der Waals surface area contributed by atoms with E-state index in [4.69, 9.17) is 10.5 Å². The molecular weight excluding hydrogens is 330 g/mol. The highest BCUT2D eigenvalue weighted by atomic mass is 16.7. The van der Waals surface area contributed by atoms with E-state index < -0.39 is 48.4 Å². The molecule has 25 heavy (non-hydrogen) atoms. The molecule has 0 heterocycles. The summed E-state index contributed by atoms with van der Waals surface area (Å²) in [5.74, 6) is -3.58. The number of ether oxygens (including phenoxy) is 2. The molecule has 1 aromatic rings. The second-order valence-corrected chi connectivity index (χ2v) is 5.68. The van der Waals surface area contributed by atoms with Crippen LogP contribution in [-0.2, 0) is 35.1 Å². The van der Waals surface area contributed by atoms with Gasteiger partial charge in [0, 0.05) is 26.7 Å². The summed E-state index contributed by atoms with van der Waals surface area (Å²) < 4.78 is 9.34. The Morgan fingerprint density at radius 2 is 1.76 bits per heavy atom. The maximum absolute atomic E-state index is 12.0. The highest BCUT2D eigenvalue weighted by Gasteiger charge is 2.37. The molecule has 2 unspecified atom stereocenters. The topological polar surface area (TPSA) is 133 Å². The molecule has 2 atom stereocenters. The summed E-state index contributed by atoms with van der Waals surface area (Å²) in [7, 11) is 0. The summed E-state index contributed by atoms with van der Waals surface area (Å²) in [4.78, 5) is 45.9. The number of ketones is 1. The van der Waals surface area contributed by atoms with Gasteiger partial charge in [0.25, 0.3) is 0 Å². The van der Waals surface area contributed by atoms with Crippen LogP contribution in [0.4, 0.5) is 0 Å². The van der Waals surface area contributed by atoms with E-state index in [-0.39, 0.29) is 6.42 Å². The van der Waals surface area contributed by atoms with Gasteiger partial charge >= 0.3 is 17.9 Å². The summed E-state index contributed by atoms with van der Waals surface area (Å²) >= 11 is 0. The zero-order chi connectivity index (χ0) is 19.0. The van der Waals surface area contributed by atoms with E-state index in [1.165, 1.54) is 6.92 Å². The van der Waals surface area contributed by atoms with Gasteiger partial charge < -0.3 is 20.3 Å². The first-order valence-corrected chi connectivity index (χ1v) is 7.57. The maximum atomic E-state index is 12.0. The van der Waals surface area contributed by atoms with Crippen LogP contribution in [0, 0.1) is 0 Å². The van der Waals surface area contributed by atoms with Crippen molar-refractivity contribution in [3.05, 3.63) is 35.9 Å². The van der Waals surface area contributed by atoms with Crippen LogP contribution in [0.3, 0.4) is 0 Å². The lowest BCUT2D eigenvalue weighted by atomic mass is 9.86. The number of nitrogens with two attached hydrogens (primary N) is 1. The van der Waals surface area contributed by atoms with Crippen LogP contribution in [0.5, 0.6) is 0 Å². The van der Waals surface area contributed by atoms with E-state index in [1.54, 1.807) is 30.3 Å². The van der Waals surface area contributed by atoms with Gasteiger partial charge in [-0.1, -0.05) is 30.3 Å². The van der Waals surface area contributed by atoms with Gasteiger partial charge in [-0.15, -0.1) is 0 Å². The van der Waals surface area contributed by atoms with E-state index in [1.807, 2.05) is 0 Å². The van der Waals surface area contributed by atoms with Crippen LogP contribution in [0.15, 0.2) is 30.3 Å². The minimum Gasteiger partial charge on any atom is -0.480 e. The molecule has 0 aliphatic heterocycles. The molecule has 1 aromatic carbocycles. The number of carbonyl (C=O) groups excluding carboxylic acids is 3. The minimum atomic E-state index is -1.83. The molecule has 0 bridgehead atoms. The van der Waals surface area contributed by atoms with Crippen LogP contribution < -0.4 is 5.73 Å². The number of carboxylic acids is 1. The number of benzene rings is 1. The highest BCUT2D eigenvalue weighted by Crippen LogP contribution is 2.17. The van der Waals surface area contributed by atoms with Crippen LogP contribution in [0.2, 0.25) is 0 Å². The Morgan fingerprint density at radius 3 is 2.28 bits per heavy atom. The predicted octanol–water partition coefficient (Wildman–Crippen LogP) is 0.813. The number of carbonyl (C=O) groups is 4. The summed E-state index contributed by atoms with van der Waals surface area (Å²) in [5.41, 5.74) is 4.70. The number of aliphatic carboxylic acids is 1. The Hall–Kier alpha value is -2.74. The van der Waals surface area contributed by atoms with Gasteiger partial charge in [-0.05, 0) is 5.56 Å². The third-order valence-corrected chi connectivity index (χ3v) is 3.27. The number of rotatable bonds is 9. The third kappa shape index (κ3) is 7.13. The Kier molecular flexibility index (Phi) is 7.25. The number of Topliss-reactive ketones (excluding diaryl/α,β-unsaturated/α-hetero) is 1. The molecule has 0 amide bonds. The molecule has 0 radical (unpaired) electrons. The molecule has 0 saturated heterocycles. The fraction of sp³-hybridized carbons (Fsp3) is 0.412. The average molecular weight is 351 g/mol. The Bertz CT molecular complexity index is 644. The molecule has 136 valence electrons. The van der Waals surface area contributed by atoms with Crippen molar-refractivity contribution in [3.63, 3.8) is 0 Å². The van der Waals surface area contributed by atoms with Gasteiger partial charge in [0.2, 0.25) is 6.29 Å². The quantitative estimate of drug-likeness (QED) is 0.379. The van der Waals surface area contributed by atoms with E-state index in [9.17, 15) is 24.3 Å². The van der Waals surface area contributed by atoms with Crippen molar-refractivity contribution in [3.8, 4) is 0 Å². The summed E-state index contributed by atoms with van der Waals surface area (Å²) in [6, 6.07) is 8.63. The molecule has 0 aromatic heterocycles. The zero-order valence-corrected chi connectivity index (χ0v) is 14.1. The molecule has 0 spiro atoms. The molecule has 3 N–H and O–H groups in total. The molecule has 8 heteroatoms. The fourth-order valence-corrected chi connectivity index (χ4v) is 2.23. The third-order valence-electron chi connectivity index (χ3n) is 3.27. The molecule has 0 aliphatic carbocycles. The van der Waals surface area contributed by atoms with Crippen molar-refractivity contribution in [1.29, 1.82) is 0 Å². The second-order valence-electron chi connectivity index (χ2n) is 5.68. The summed E-state index contributed by atoms with van der Waals surface area (Å²) in [6.07, 6.45) is -2.39. The van der Waals surface area contributed by atoms with Crippen LogP contribution in [0.1, 0.15) is 32.3 Å². The van der Waals surface area contributed by atoms with Gasteiger partial charge in [0.1, 0.15) is 17.7 Å². The van der Waals surface area contributed by atoms with E-state index in [0.717, 1.165) is 6.92 Å². The summed E-state index contributed by atoms with van der Waals surface area (Å²) in [5, 5.41) is 9.37. The summed E-state index contributed by atoms with van der Waals surface area (Å²) in [6.45, 7) is 2.47. The molecule has 0 fully saturated rings. The molecular formula is C17H21NO7. The minimum absolute atomic E-state index is 0.0617. The van der Waals surface area contributed by atoms with Crippen molar-refractivity contribution in [1.82, 2.24) is 0 Å². The van der Waals surface area contributed by atoms with Crippen LogP contribution in [0.25, 0.3) is 0 Å². The normalized spacial score (nSPS) is 14.0. The van der Waals surface area contributed by atoms with Gasteiger partial charge in [-0.25, -0.2) is 0 Å². The fourth-order valence-electron chi connectivity index (χ4n) is 2.23. The molecule has 0 aliphatic rings. The van der Waals surface area contributed by atoms with Crippen molar-refractivity contribution in [2.75, 3.05) is 0 Å². The molecule has 1 rings (SSSR count). The van der Waals surface area contributed by atoms with Gasteiger partial charge in [0.15, 0.2) is 0 Å². The zero-order valence-electron chi connectivity index (χ0n) is 14.1. The number of hydrogen-bond donors (Lipinski definition) is 2. The van der Waals surface area contributed by atoms with Gasteiger partial charge in [-0.3, -0.25) is 19.2 Å². The Morgan fingerprint density at radius 1 is 1.16 bits per heavy atom. The average Bonchev–Trinajstić information content (AvgIpc) is 2.46. The van der Waals surface area contributed by atoms with E-state index >= 15 is 0 Å². The van der Waals surface area contributed by atoms with Crippen molar-refractivity contribution >= 4 is 23.7 Å². The number of hydrogen-bond acceptors (Lipinski definition) is 7. The Labute approximate surface area is 144 Å². The molecule has 0 saturated carbocycles. The van der Waals surface area contributed by atoms with Crippen molar-refractivity contribution in [2.24, 2.45) is 5.73 Å². The SMILES string of the molecule is CC(=O)OC(C)OC(=O)CC(=O)CC(N)(Cc1ccccc1)C(=O)O. The number of carboxylic acid groups (broad SMARTS) is 1. The Balaban J connectivity index is 2.65. The maximum Gasteiger partial charge on any atom is 0.324 e. The first-order chi connectivity index (χ1) is 11.6. The lowest BCUT2D eigenvalue weighted by Gasteiger charge is -2.24. The second kappa shape index (κ2) is 8.93. The number of esters is 2. The first kappa shape index (κ1) is 20.3. The largest absolute Gasteiger partial charge is 0.480 e. The lowest BCUT2D eigenvalue weighted by molar-refractivity contribution is -0.183. The van der Waals surface area contributed by atoms with Crippen molar-refractivity contribution in [2.45, 2.75) is 44.9 Å². The van der Waals surface area contributed by atoms with Gasteiger partial charge in [-0.2, -0.15) is 0 Å². The van der Waals surface area contributed by atoms with Crippen LogP contribution in [-0.4, -0.2) is 40.6 Å². The monoisotopic (exact) mass is 351 g/mol. The lowest BCUT2D eigenvalue weighted by Crippen LogP contribution is -2.51. The van der Waals surface area contributed by atoms with Crippen LogP contribution >= 0.6 is 0 Å².